The van der Waals surface area contributed by atoms with Crippen LogP contribution in [0.25, 0.3) is 0 Å². The van der Waals surface area contributed by atoms with Crippen molar-refractivity contribution in [2.75, 3.05) is 33.3 Å². The van der Waals surface area contributed by atoms with Gasteiger partial charge in [-0.25, -0.2) is 4.39 Å². The predicted molar refractivity (Wildman–Crippen MR) is 100 cm³/mol. The number of halogens is 1. The number of methoxy groups -OCH3 is 1. The summed E-state index contributed by atoms with van der Waals surface area (Å²) in [6.07, 6.45) is 1.000. The molecule has 0 saturated carbocycles. The van der Waals surface area contributed by atoms with Gasteiger partial charge in [0.05, 0.1) is 13.5 Å². The fourth-order valence-electron chi connectivity index (χ4n) is 3.24. The van der Waals surface area contributed by atoms with E-state index in [4.69, 9.17) is 4.74 Å². The Kier molecular flexibility index (Phi) is 6.06. The van der Waals surface area contributed by atoms with Gasteiger partial charge < -0.3 is 14.5 Å². The van der Waals surface area contributed by atoms with Crippen molar-refractivity contribution in [2.45, 2.75) is 12.8 Å². The normalized spacial score (nSPS) is 14.6. The highest BCUT2D eigenvalue weighted by atomic mass is 19.1. The van der Waals surface area contributed by atoms with Crippen molar-refractivity contribution >= 4 is 11.8 Å². The predicted octanol–water partition coefficient (Wildman–Crippen LogP) is 2.75. The first kappa shape index (κ1) is 18.9. The lowest BCUT2D eigenvalue weighted by atomic mass is 10.1. The zero-order chi connectivity index (χ0) is 19.2. The molecule has 2 aromatic carbocycles. The van der Waals surface area contributed by atoms with E-state index in [1.165, 1.54) is 18.2 Å². The minimum Gasteiger partial charge on any atom is -0.497 e. The molecule has 1 aliphatic heterocycles. The van der Waals surface area contributed by atoms with Crippen LogP contribution in [0.4, 0.5) is 4.39 Å². The average molecular weight is 370 g/mol. The summed E-state index contributed by atoms with van der Waals surface area (Å²) >= 11 is 0. The maximum absolute atomic E-state index is 13.4. The molecule has 0 bridgehead atoms. The van der Waals surface area contributed by atoms with Crippen molar-refractivity contribution < 1.29 is 18.7 Å². The number of hydrogen-bond acceptors (Lipinski definition) is 3. The van der Waals surface area contributed by atoms with E-state index >= 15 is 0 Å². The second-order valence-electron chi connectivity index (χ2n) is 6.57. The topological polar surface area (TPSA) is 49.9 Å². The van der Waals surface area contributed by atoms with E-state index < -0.39 is 5.82 Å². The molecule has 0 N–H and O–H groups in total. The number of ether oxygens (including phenoxy) is 1. The van der Waals surface area contributed by atoms with Crippen molar-refractivity contribution in [1.29, 1.82) is 0 Å². The SMILES string of the molecule is COc1cccc(CC(=O)N2CCCN(C(=O)c3cccc(F)c3)CC2)c1. The van der Waals surface area contributed by atoms with Gasteiger partial charge in [-0.1, -0.05) is 18.2 Å². The van der Waals surface area contributed by atoms with Gasteiger partial charge in [0.15, 0.2) is 0 Å². The first-order chi connectivity index (χ1) is 13.1. The van der Waals surface area contributed by atoms with E-state index in [0.29, 0.717) is 44.6 Å². The van der Waals surface area contributed by atoms with Gasteiger partial charge in [0, 0.05) is 31.7 Å². The summed E-state index contributed by atoms with van der Waals surface area (Å²) in [4.78, 5) is 28.7. The maximum Gasteiger partial charge on any atom is 0.254 e. The molecule has 6 heteroatoms. The highest BCUT2D eigenvalue weighted by Crippen LogP contribution is 2.15. The van der Waals surface area contributed by atoms with E-state index in [1.807, 2.05) is 24.3 Å². The number of carbonyl (C=O) groups is 2. The molecule has 1 saturated heterocycles. The molecule has 0 radical (unpaired) electrons. The highest BCUT2D eigenvalue weighted by Gasteiger charge is 2.23. The molecule has 0 atom stereocenters. The Bertz CT molecular complexity index is 825. The summed E-state index contributed by atoms with van der Waals surface area (Å²) < 4.78 is 18.6. The van der Waals surface area contributed by atoms with Gasteiger partial charge in [-0.2, -0.15) is 0 Å². The van der Waals surface area contributed by atoms with Gasteiger partial charge >= 0.3 is 0 Å². The van der Waals surface area contributed by atoms with Crippen LogP contribution in [0.15, 0.2) is 48.5 Å². The van der Waals surface area contributed by atoms with Crippen LogP contribution in [-0.2, 0) is 11.2 Å². The van der Waals surface area contributed by atoms with E-state index in [1.54, 1.807) is 23.0 Å². The fraction of sp³-hybridized carbons (Fsp3) is 0.333. The quantitative estimate of drug-likeness (QED) is 0.832. The van der Waals surface area contributed by atoms with Crippen LogP contribution in [0, 0.1) is 5.82 Å². The third-order valence-corrected chi connectivity index (χ3v) is 4.70. The Morgan fingerprint density at radius 3 is 2.52 bits per heavy atom. The average Bonchev–Trinajstić information content (AvgIpc) is 2.94. The van der Waals surface area contributed by atoms with Gasteiger partial charge in [0.1, 0.15) is 11.6 Å². The van der Waals surface area contributed by atoms with Crippen LogP contribution in [-0.4, -0.2) is 54.9 Å². The first-order valence-electron chi connectivity index (χ1n) is 9.02. The van der Waals surface area contributed by atoms with Crippen molar-refractivity contribution in [3.63, 3.8) is 0 Å². The molecule has 2 aromatic rings. The monoisotopic (exact) mass is 370 g/mol. The molecule has 1 heterocycles. The molecule has 0 aromatic heterocycles. The first-order valence-corrected chi connectivity index (χ1v) is 9.02. The van der Waals surface area contributed by atoms with Crippen molar-refractivity contribution in [2.24, 2.45) is 0 Å². The van der Waals surface area contributed by atoms with Crippen molar-refractivity contribution in [3.8, 4) is 5.75 Å². The van der Waals surface area contributed by atoms with Crippen LogP contribution in [0.2, 0.25) is 0 Å². The molecule has 5 nitrogen and oxygen atoms in total. The fourth-order valence-corrected chi connectivity index (χ4v) is 3.24. The third-order valence-electron chi connectivity index (χ3n) is 4.70. The third kappa shape index (κ3) is 4.84. The maximum atomic E-state index is 13.4. The van der Waals surface area contributed by atoms with Crippen LogP contribution in [0.3, 0.4) is 0 Å². The Morgan fingerprint density at radius 1 is 1.00 bits per heavy atom. The van der Waals surface area contributed by atoms with E-state index in [-0.39, 0.29) is 11.8 Å². The second-order valence-corrected chi connectivity index (χ2v) is 6.57. The summed E-state index contributed by atoms with van der Waals surface area (Å²) in [6.45, 7) is 2.08. The van der Waals surface area contributed by atoms with Gasteiger partial charge in [-0.05, 0) is 42.3 Å². The summed E-state index contributed by atoms with van der Waals surface area (Å²) in [5.74, 6) is 0.133. The lowest BCUT2D eigenvalue weighted by Gasteiger charge is -2.22. The Hall–Kier alpha value is -2.89. The molecule has 2 amide bonds. The van der Waals surface area contributed by atoms with Crippen LogP contribution < -0.4 is 4.74 Å². The number of amides is 2. The van der Waals surface area contributed by atoms with Crippen molar-refractivity contribution in [3.05, 3.63) is 65.5 Å². The van der Waals surface area contributed by atoms with Crippen LogP contribution in [0.5, 0.6) is 5.75 Å². The minimum absolute atomic E-state index is 0.0308. The van der Waals surface area contributed by atoms with Gasteiger partial charge in [0.25, 0.3) is 5.91 Å². The molecule has 27 heavy (non-hydrogen) atoms. The minimum atomic E-state index is -0.425. The number of carbonyl (C=O) groups excluding carboxylic acids is 2. The Balaban J connectivity index is 1.60. The van der Waals surface area contributed by atoms with E-state index in [2.05, 4.69) is 0 Å². The number of benzene rings is 2. The smallest absolute Gasteiger partial charge is 0.254 e. The van der Waals surface area contributed by atoms with Gasteiger partial charge in [-0.15, -0.1) is 0 Å². The summed E-state index contributed by atoms with van der Waals surface area (Å²) in [5, 5.41) is 0. The number of rotatable bonds is 4. The Morgan fingerprint density at radius 2 is 1.74 bits per heavy atom. The molecule has 1 fully saturated rings. The zero-order valence-electron chi connectivity index (χ0n) is 15.4. The largest absolute Gasteiger partial charge is 0.497 e. The summed E-state index contributed by atoms with van der Waals surface area (Å²) in [5.41, 5.74) is 1.24. The molecule has 0 spiro atoms. The lowest BCUT2D eigenvalue weighted by molar-refractivity contribution is -0.130. The van der Waals surface area contributed by atoms with E-state index in [9.17, 15) is 14.0 Å². The molecular weight excluding hydrogens is 347 g/mol. The lowest BCUT2D eigenvalue weighted by Crippen LogP contribution is -2.38. The molecular formula is C21H23FN2O3. The molecule has 1 aliphatic rings. The zero-order valence-corrected chi connectivity index (χ0v) is 15.4. The molecule has 0 unspecified atom stereocenters. The summed E-state index contributed by atoms with van der Waals surface area (Å²) in [7, 11) is 1.60. The van der Waals surface area contributed by atoms with Gasteiger partial charge in [-0.3, -0.25) is 9.59 Å². The van der Waals surface area contributed by atoms with Crippen molar-refractivity contribution in [1.82, 2.24) is 9.80 Å². The standard InChI is InChI=1S/C21H23FN2O3/c1-27-19-8-2-5-16(13-19)14-20(25)23-9-4-10-24(12-11-23)21(26)17-6-3-7-18(22)15-17/h2-3,5-8,13,15H,4,9-12,14H2,1H3. The Labute approximate surface area is 158 Å². The van der Waals surface area contributed by atoms with Crippen LogP contribution in [0.1, 0.15) is 22.3 Å². The number of hydrogen-bond donors (Lipinski definition) is 0. The van der Waals surface area contributed by atoms with Crippen LogP contribution >= 0.6 is 0 Å². The van der Waals surface area contributed by atoms with E-state index in [0.717, 1.165) is 11.3 Å². The van der Waals surface area contributed by atoms with Gasteiger partial charge in [0.2, 0.25) is 5.91 Å². The second kappa shape index (κ2) is 8.66. The number of nitrogens with zero attached hydrogens (tertiary/aromatic N) is 2. The molecule has 0 aliphatic carbocycles. The molecule has 3 rings (SSSR count). The molecule has 142 valence electrons. The summed E-state index contributed by atoms with van der Waals surface area (Å²) in [6, 6.07) is 13.2. The highest BCUT2D eigenvalue weighted by molar-refractivity contribution is 5.94.